The number of carbonyl (C=O) groups is 1. The van der Waals surface area contributed by atoms with Gasteiger partial charge in [0.25, 0.3) is 0 Å². The van der Waals surface area contributed by atoms with E-state index in [1.54, 1.807) is 0 Å². The van der Waals surface area contributed by atoms with Gasteiger partial charge in [0.1, 0.15) is 0 Å². The molecule has 0 bridgehead atoms. The van der Waals surface area contributed by atoms with Gasteiger partial charge in [-0.05, 0) is 44.4 Å². The molecule has 2 aliphatic rings. The molecule has 3 nitrogen and oxygen atoms in total. The molecule has 0 spiro atoms. The number of rotatable bonds is 8. The molecule has 96 valence electrons. The normalized spacial score (nSPS) is 19.4. The highest BCUT2D eigenvalue weighted by Gasteiger charge is 2.29. The van der Waals surface area contributed by atoms with Crippen molar-refractivity contribution in [3.63, 3.8) is 0 Å². The van der Waals surface area contributed by atoms with Crippen molar-refractivity contribution in [3.8, 4) is 0 Å². The van der Waals surface area contributed by atoms with E-state index in [9.17, 15) is 4.79 Å². The highest BCUT2D eigenvalue weighted by atomic mass is 16.5. The summed E-state index contributed by atoms with van der Waals surface area (Å²) in [6, 6.07) is 0. The number of carbonyl (C=O) groups excluding carboxylic acids is 1. The van der Waals surface area contributed by atoms with Gasteiger partial charge in [0.15, 0.2) is 0 Å². The van der Waals surface area contributed by atoms with E-state index in [2.05, 4.69) is 11.5 Å². The van der Waals surface area contributed by atoms with Gasteiger partial charge in [-0.2, -0.15) is 0 Å². The Labute approximate surface area is 104 Å². The quantitative estimate of drug-likeness (QED) is 0.479. The monoisotopic (exact) mass is 237 g/mol. The van der Waals surface area contributed by atoms with Gasteiger partial charge in [0.05, 0.1) is 6.61 Å². The van der Waals surface area contributed by atoms with E-state index in [1.807, 2.05) is 6.92 Å². The van der Waals surface area contributed by atoms with Crippen molar-refractivity contribution in [2.45, 2.75) is 32.6 Å². The molecule has 2 fully saturated rings. The number of nitrogens with zero attached hydrogens (tertiary/aromatic N) is 1. The Bertz CT molecular complexity index is 279. The zero-order valence-electron chi connectivity index (χ0n) is 10.8. The van der Waals surface area contributed by atoms with Crippen LogP contribution in [-0.4, -0.2) is 37.1 Å². The van der Waals surface area contributed by atoms with Gasteiger partial charge in [-0.3, -0.25) is 4.90 Å². The Hall–Kier alpha value is -0.830. The maximum absolute atomic E-state index is 11.5. The molecule has 0 heterocycles. The first kappa shape index (κ1) is 12.6. The average Bonchev–Trinajstić information content (AvgIpc) is 3.13. The molecule has 0 saturated heterocycles. The fourth-order valence-electron chi connectivity index (χ4n) is 2.10. The Balaban J connectivity index is 1.77. The molecule has 0 N–H and O–H groups in total. The van der Waals surface area contributed by atoms with Crippen molar-refractivity contribution < 1.29 is 9.53 Å². The van der Waals surface area contributed by atoms with Crippen LogP contribution in [0.5, 0.6) is 0 Å². The standard InChI is InChI=1S/C14H23NO2/c1-3-17-14(16)11(2)8-15(9-12-4-5-12)10-13-6-7-13/h12-13H,2-10H2,1H3. The van der Waals surface area contributed by atoms with Crippen molar-refractivity contribution in [1.29, 1.82) is 0 Å². The van der Waals surface area contributed by atoms with Crippen LogP contribution in [0.25, 0.3) is 0 Å². The van der Waals surface area contributed by atoms with Crippen molar-refractivity contribution in [3.05, 3.63) is 12.2 Å². The Morgan fingerprint density at radius 2 is 1.76 bits per heavy atom. The van der Waals surface area contributed by atoms with Crippen LogP contribution in [0.4, 0.5) is 0 Å². The Morgan fingerprint density at radius 3 is 2.18 bits per heavy atom. The molecule has 0 unspecified atom stereocenters. The molecule has 2 saturated carbocycles. The lowest BCUT2D eigenvalue weighted by molar-refractivity contribution is -0.138. The molecule has 2 rings (SSSR count). The average molecular weight is 237 g/mol. The van der Waals surface area contributed by atoms with Crippen LogP contribution < -0.4 is 0 Å². The zero-order valence-corrected chi connectivity index (χ0v) is 10.8. The molecule has 0 aromatic carbocycles. The molecule has 0 aliphatic heterocycles. The minimum absolute atomic E-state index is 0.232. The third kappa shape index (κ3) is 4.50. The van der Waals surface area contributed by atoms with Gasteiger partial charge in [-0.1, -0.05) is 6.58 Å². The number of ether oxygens (including phenoxy) is 1. The molecule has 0 aromatic heterocycles. The molecule has 2 aliphatic carbocycles. The summed E-state index contributed by atoms with van der Waals surface area (Å²) in [7, 11) is 0. The van der Waals surface area contributed by atoms with Crippen molar-refractivity contribution >= 4 is 5.97 Å². The molecular formula is C14H23NO2. The molecule has 0 aromatic rings. The summed E-state index contributed by atoms with van der Waals surface area (Å²) < 4.78 is 4.98. The zero-order chi connectivity index (χ0) is 12.3. The minimum atomic E-state index is -0.232. The SMILES string of the molecule is C=C(CN(CC1CC1)CC1CC1)C(=O)OCC. The Morgan fingerprint density at radius 1 is 1.24 bits per heavy atom. The highest BCUT2D eigenvalue weighted by Crippen LogP contribution is 2.33. The molecule has 0 radical (unpaired) electrons. The maximum Gasteiger partial charge on any atom is 0.334 e. The van der Waals surface area contributed by atoms with Crippen LogP contribution in [0.2, 0.25) is 0 Å². The fourth-order valence-corrected chi connectivity index (χ4v) is 2.10. The van der Waals surface area contributed by atoms with E-state index >= 15 is 0 Å². The van der Waals surface area contributed by atoms with Crippen LogP contribution in [0, 0.1) is 11.8 Å². The van der Waals surface area contributed by atoms with Gasteiger partial charge >= 0.3 is 5.97 Å². The smallest absolute Gasteiger partial charge is 0.334 e. The third-order valence-electron chi connectivity index (χ3n) is 3.41. The summed E-state index contributed by atoms with van der Waals surface area (Å²) in [6.07, 6.45) is 5.42. The van der Waals surface area contributed by atoms with Gasteiger partial charge in [0, 0.05) is 25.2 Å². The summed E-state index contributed by atoms with van der Waals surface area (Å²) in [5, 5.41) is 0. The van der Waals surface area contributed by atoms with E-state index < -0.39 is 0 Å². The first-order valence-electron chi connectivity index (χ1n) is 6.76. The molecule has 0 amide bonds. The van der Waals surface area contributed by atoms with E-state index in [-0.39, 0.29) is 5.97 Å². The van der Waals surface area contributed by atoms with Crippen molar-refractivity contribution in [2.75, 3.05) is 26.2 Å². The van der Waals surface area contributed by atoms with Gasteiger partial charge in [0.2, 0.25) is 0 Å². The largest absolute Gasteiger partial charge is 0.463 e. The summed E-state index contributed by atoms with van der Waals surface area (Å²) in [6.45, 7) is 9.07. The molecule has 3 heteroatoms. The summed E-state index contributed by atoms with van der Waals surface area (Å²) in [5.74, 6) is 1.50. The van der Waals surface area contributed by atoms with E-state index in [0.717, 1.165) is 24.9 Å². The van der Waals surface area contributed by atoms with Gasteiger partial charge in [-0.25, -0.2) is 4.79 Å². The van der Waals surface area contributed by atoms with Crippen LogP contribution >= 0.6 is 0 Å². The Kier molecular flexibility index (Phi) is 4.21. The minimum Gasteiger partial charge on any atom is -0.463 e. The predicted octanol–water partition coefficient (Wildman–Crippen LogP) is 2.23. The summed E-state index contributed by atoms with van der Waals surface area (Å²) >= 11 is 0. The number of esters is 1. The lowest BCUT2D eigenvalue weighted by atomic mass is 10.2. The van der Waals surface area contributed by atoms with E-state index in [0.29, 0.717) is 18.7 Å². The lowest BCUT2D eigenvalue weighted by Gasteiger charge is -2.22. The van der Waals surface area contributed by atoms with E-state index in [1.165, 1.54) is 25.7 Å². The second kappa shape index (κ2) is 5.67. The second-order valence-electron chi connectivity index (χ2n) is 5.40. The number of hydrogen-bond acceptors (Lipinski definition) is 3. The van der Waals surface area contributed by atoms with Gasteiger partial charge in [-0.15, -0.1) is 0 Å². The molecule has 17 heavy (non-hydrogen) atoms. The summed E-state index contributed by atoms with van der Waals surface area (Å²) in [4.78, 5) is 13.9. The topological polar surface area (TPSA) is 29.5 Å². The summed E-state index contributed by atoms with van der Waals surface area (Å²) in [5.41, 5.74) is 0.605. The molecule has 0 atom stereocenters. The van der Waals surface area contributed by atoms with E-state index in [4.69, 9.17) is 4.74 Å². The second-order valence-corrected chi connectivity index (χ2v) is 5.40. The first-order valence-corrected chi connectivity index (χ1v) is 6.76. The maximum atomic E-state index is 11.5. The van der Waals surface area contributed by atoms with Crippen molar-refractivity contribution in [2.24, 2.45) is 11.8 Å². The molecular weight excluding hydrogens is 214 g/mol. The highest BCUT2D eigenvalue weighted by molar-refractivity contribution is 5.88. The van der Waals surface area contributed by atoms with Crippen LogP contribution in [0.1, 0.15) is 32.6 Å². The van der Waals surface area contributed by atoms with Crippen LogP contribution in [0.15, 0.2) is 12.2 Å². The third-order valence-corrected chi connectivity index (χ3v) is 3.41. The predicted molar refractivity (Wildman–Crippen MR) is 67.7 cm³/mol. The lowest BCUT2D eigenvalue weighted by Crippen LogP contribution is -2.32. The van der Waals surface area contributed by atoms with Crippen LogP contribution in [-0.2, 0) is 9.53 Å². The number of hydrogen-bond donors (Lipinski definition) is 0. The van der Waals surface area contributed by atoms with Crippen molar-refractivity contribution in [1.82, 2.24) is 4.90 Å². The van der Waals surface area contributed by atoms with Crippen LogP contribution in [0.3, 0.4) is 0 Å². The fraction of sp³-hybridized carbons (Fsp3) is 0.786. The van der Waals surface area contributed by atoms with Gasteiger partial charge < -0.3 is 4.74 Å². The first-order chi connectivity index (χ1) is 8.19.